The molecule has 6 nitrogen and oxygen atoms in total. The van der Waals surface area contributed by atoms with Crippen LogP contribution in [-0.4, -0.2) is 45.8 Å². The maximum Gasteiger partial charge on any atom is 0.305 e. The molecule has 0 saturated heterocycles. The second-order valence-corrected chi connectivity index (χ2v) is 4.49. The van der Waals surface area contributed by atoms with E-state index in [1.165, 1.54) is 7.11 Å². The van der Waals surface area contributed by atoms with Crippen LogP contribution in [0.1, 0.15) is 12.0 Å². The van der Waals surface area contributed by atoms with Crippen molar-refractivity contribution in [2.24, 2.45) is 0 Å². The van der Waals surface area contributed by atoms with Gasteiger partial charge < -0.3 is 20.1 Å². The highest BCUT2D eigenvalue weighted by Gasteiger charge is 2.03. The van der Waals surface area contributed by atoms with Crippen molar-refractivity contribution in [1.82, 2.24) is 5.32 Å². The first-order chi connectivity index (χ1) is 10.2. The number of hydrogen-bond acceptors (Lipinski definition) is 5. The van der Waals surface area contributed by atoms with E-state index >= 15 is 0 Å². The van der Waals surface area contributed by atoms with Gasteiger partial charge >= 0.3 is 5.97 Å². The van der Waals surface area contributed by atoms with E-state index in [2.05, 4.69) is 15.4 Å². The molecular weight excluding hydrogens is 272 g/mol. The van der Waals surface area contributed by atoms with Crippen LogP contribution in [0.3, 0.4) is 0 Å². The smallest absolute Gasteiger partial charge is 0.305 e. The zero-order valence-electron chi connectivity index (χ0n) is 12.5. The second kappa shape index (κ2) is 9.90. The van der Waals surface area contributed by atoms with Crippen molar-refractivity contribution in [3.63, 3.8) is 0 Å². The molecule has 0 aromatic heterocycles. The molecule has 0 unspecified atom stereocenters. The van der Waals surface area contributed by atoms with Crippen LogP contribution in [0, 0.1) is 0 Å². The van der Waals surface area contributed by atoms with Crippen LogP contribution in [0.25, 0.3) is 0 Å². The van der Waals surface area contributed by atoms with Crippen LogP contribution in [0.4, 0.5) is 5.69 Å². The lowest BCUT2D eigenvalue weighted by Gasteiger charge is -2.07. The largest absolute Gasteiger partial charge is 0.469 e. The van der Waals surface area contributed by atoms with Gasteiger partial charge in [-0.25, -0.2) is 0 Å². The lowest BCUT2D eigenvalue weighted by Crippen LogP contribution is -2.30. The summed E-state index contributed by atoms with van der Waals surface area (Å²) in [6.45, 7) is 1.45. The number of carbonyl (C=O) groups is 2. The summed E-state index contributed by atoms with van der Waals surface area (Å²) in [4.78, 5) is 22.7. The number of methoxy groups -OCH3 is 2. The number of carbonyl (C=O) groups excluding carboxylic acids is 2. The zero-order valence-corrected chi connectivity index (χ0v) is 12.5. The molecule has 0 radical (unpaired) electrons. The summed E-state index contributed by atoms with van der Waals surface area (Å²) < 4.78 is 9.47. The summed E-state index contributed by atoms with van der Waals surface area (Å²) in [6.07, 6.45) is 0.977. The third-order valence-corrected chi connectivity index (χ3v) is 2.85. The fourth-order valence-electron chi connectivity index (χ4n) is 1.68. The van der Waals surface area contributed by atoms with Crippen molar-refractivity contribution < 1.29 is 19.1 Å². The first-order valence-corrected chi connectivity index (χ1v) is 6.81. The van der Waals surface area contributed by atoms with Crippen LogP contribution >= 0.6 is 0 Å². The predicted octanol–water partition coefficient (Wildman–Crippen LogP) is 0.967. The molecule has 0 saturated carbocycles. The van der Waals surface area contributed by atoms with Gasteiger partial charge in [0.25, 0.3) is 0 Å². The van der Waals surface area contributed by atoms with Crippen LogP contribution in [0.2, 0.25) is 0 Å². The van der Waals surface area contributed by atoms with Gasteiger partial charge in [-0.05, 0) is 24.1 Å². The quantitative estimate of drug-likeness (QED) is 0.524. The molecule has 1 aromatic carbocycles. The number of aryl methyl sites for hydroxylation is 1. The highest BCUT2D eigenvalue weighted by atomic mass is 16.5. The summed E-state index contributed by atoms with van der Waals surface area (Å²) in [7, 11) is 2.99. The van der Waals surface area contributed by atoms with Crippen LogP contribution < -0.4 is 10.6 Å². The van der Waals surface area contributed by atoms with Crippen molar-refractivity contribution in [1.29, 1.82) is 0 Å². The highest BCUT2D eigenvalue weighted by molar-refractivity contribution is 5.92. The number of nitrogens with one attached hydrogen (secondary N) is 2. The van der Waals surface area contributed by atoms with Gasteiger partial charge in [-0.1, -0.05) is 12.1 Å². The Labute approximate surface area is 124 Å². The average molecular weight is 294 g/mol. The molecule has 1 aromatic rings. The first kappa shape index (κ1) is 17.1. The van der Waals surface area contributed by atoms with Crippen molar-refractivity contribution in [3.8, 4) is 0 Å². The van der Waals surface area contributed by atoms with E-state index in [4.69, 9.17) is 4.74 Å². The third kappa shape index (κ3) is 7.43. The molecule has 0 heterocycles. The Kier molecular flexibility index (Phi) is 8.08. The average Bonchev–Trinajstić information content (AvgIpc) is 2.50. The van der Waals surface area contributed by atoms with E-state index in [9.17, 15) is 9.59 Å². The molecule has 0 aliphatic rings. The zero-order chi connectivity index (χ0) is 15.5. The van der Waals surface area contributed by atoms with Gasteiger partial charge in [-0.2, -0.15) is 0 Å². The number of esters is 1. The van der Waals surface area contributed by atoms with Crippen molar-refractivity contribution in [3.05, 3.63) is 29.8 Å². The van der Waals surface area contributed by atoms with E-state index in [-0.39, 0.29) is 18.4 Å². The number of benzene rings is 1. The van der Waals surface area contributed by atoms with Crippen LogP contribution in [-0.2, 0) is 25.5 Å². The first-order valence-electron chi connectivity index (χ1n) is 6.81. The lowest BCUT2D eigenvalue weighted by molar-refractivity contribution is -0.140. The Morgan fingerprint density at radius 1 is 1.14 bits per heavy atom. The van der Waals surface area contributed by atoms with E-state index in [1.807, 2.05) is 24.3 Å². The fourth-order valence-corrected chi connectivity index (χ4v) is 1.68. The Balaban J connectivity index is 2.33. The van der Waals surface area contributed by atoms with E-state index in [0.29, 0.717) is 26.0 Å². The SMILES string of the molecule is COCCNCC(=O)Nc1ccc(CCC(=O)OC)cc1. The predicted molar refractivity (Wildman–Crippen MR) is 80.2 cm³/mol. The molecule has 1 rings (SSSR count). The van der Waals surface area contributed by atoms with E-state index in [0.717, 1.165) is 11.3 Å². The van der Waals surface area contributed by atoms with Crippen LogP contribution in [0.15, 0.2) is 24.3 Å². The molecule has 0 bridgehead atoms. The van der Waals surface area contributed by atoms with E-state index < -0.39 is 0 Å². The minimum Gasteiger partial charge on any atom is -0.469 e. The second-order valence-electron chi connectivity index (χ2n) is 4.49. The van der Waals surface area contributed by atoms with Gasteiger partial charge in [-0.3, -0.25) is 9.59 Å². The van der Waals surface area contributed by atoms with Gasteiger partial charge in [0, 0.05) is 25.8 Å². The van der Waals surface area contributed by atoms with Crippen LogP contribution in [0.5, 0.6) is 0 Å². The number of amides is 1. The molecule has 0 fully saturated rings. The maximum atomic E-state index is 11.6. The molecule has 0 aliphatic heterocycles. The Hall–Kier alpha value is -1.92. The van der Waals surface area contributed by atoms with E-state index in [1.54, 1.807) is 7.11 Å². The Bertz CT molecular complexity index is 445. The molecule has 0 spiro atoms. The molecule has 21 heavy (non-hydrogen) atoms. The normalized spacial score (nSPS) is 10.2. The van der Waals surface area contributed by atoms with Gasteiger partial charge in [0.2, 0.25) is 5.91 Å². The topological polar surface area (TPSA) is 76.7 Å². The van der Waals surface area contributed by atoms with Crippen molar-refractivity contribution in [2.75, 3.05) is 39.2 Å². The minimum atomic E-state index is -0.227. The standard InChI is InChI=1S/C15H22N2O4/c1-20-10-9-16-11-14(18)17-13-6-3-12(4-7-13)5-8-15(19)21-2/h3-4,6-7,16H,5,8-11H2,1-2H3,(H,17,18). The maximum absolute atomic E-state index is 11.6. The summed E-state index contributed by atoms with van der Waals surface area (Å²) in [5, 5.41) is 5.76. The summed E-state index contributed by atoms with van der Waals surface area (Å²) in [6, 6.07) is 7.41. The molecule has 6 heteroatoms. The van der Waals surface area contributed by atoms with Gasteiger partial charge in [0.05, 0.1) is 20.3 Å². The minimum absolute atomic E-state index is 0.103. The fraction of sp³-hybridized carbons (Fsp3) is 0.467. The van der Waals surface area contributed by atoms with Crippen molar-refractivity contribution in [2.45, 2.75) is 12.8 Å². The molecule has 0 aliphatic carbocycles. The van der Waals surface area contributed by atoms with Gasteiger partial charge in [0.1, 0.15) is 0 Å². The monoisotopic (exact) mass is 294 g/mol. The molecule has 116 valence electrons. The highest BCUT2D eigenvalue weighted by Crippen LogP contribution is 2.11. The molecule has 2 N–H and O–H groups in total. The molecule has 0 atom stereocenters. The number of rotatable bonds is 9. The number of hydrogen-bond donors (Lipinski definition) is 2. The summed E-state index contributed by atoms with van der Waals surface area (Å²) >= 11 is 0. The number of anilines is 1. The summed E-state index contributed by atoms with van der Waals surface area (Å²) in [5.41, 5.74) is 1.76. The molecule has 1 amide bonds. The van der Waals surface area contributed by atoms with Gasteiger partial charge in [0.15, 0.2) is 0 Å². The Morgan fingerprint density at radius 3 is 2.48 bits per heavy atom. The number of ether oxygens (including phenoxy) is 2. The lowest BCUT2D eigenvalue weighted by atomic mass is 10.1. The summed E-state index contributed by atoms with van der Waals surface area (Å²) in [5.74, 6) is -0.331. The third-order valence-electron chi connectivity index (χ3n) is 2.85. The molecular formula is C15H22N2O4. The Morgan fingerprint density at radius 2 is 1.86 bits per heavy atom. The van der Waals surface area contributed by atoms with Crippen molar-refractivity contribution >= 4 is 17.6 Å². The van der Waals surface area contributed by atoms with Gasteiger partial charge in [-0.15, -0.1) is 0 Å².